The predicted octanol–water partition coefficient (Wildman–Crippen LogP) is 2.32. The molecule has 0 saturated heterocycles. The summed E-state index contributed by atoms with van der Waals surface area (Å²) in [6.07, 6.45) is 0. The van der Waals surface area contributed by atoms with Crippen molar-refractivity contribution >= 4 is 15.9 Å². The van der Waals surface area contributed by atoms with Gasteiger partial charge in [-0.2, -0.15) is 0 Å². The molecule has 1 unspecified atom stereocenters. The molecule has 0 aliphatic carbocycles. The molecule has 1 aromatic carbocycles. The molecule has 1 aromatic rings. The van der Waals surface area contributed by atoms with Gasteiger partial charge in [0.1, 0.15) is 10.2 Å². The van der Waals surface area contributed by atoms with Crippen LogP contribution in [0.4, 0.5) is 4.39 Å². The molecular weight excluding hydrogens is 253 g/mol. The van der Waals surface area contributed by atoms with E-state index in [1.807, 2.05) is 0 Å². The second kappa shape index (κ2) is 4.14. The van der Waals surface area contributed by atoms with Crippen molar-refractivity contribution in [2.45, 2.75) is 13.0 Å². The Morgan fingerprint density at radius 2 is 2.21 bits per heavy atom. The number of aromatic hydroxyl groups is 1. The van der Waals surface area contributed by atoms with Crippen molar-refractivity contribution < 1.29 is 14.2 Å². The molecular formula is C9H11BrFNO2. The van der Waals surface area contributed by atoms with Gasteiger partial charge in [0.05, 0.1) is 7.11 Å². The number of phenolic OH excluding ortho intramolecular Hbond substituents is 1. The molecule has 0 aliphatic rings. The highest BCUT2D eigenvalue weighted by molar-refractivity contribution is 9.10. The quantitative estimate of drug-likeness (QED) is 0.861. The van der Waals surface area contributed by atoms with Gasteiger partial charge in [-0.15, -0.1) is 0 Å². The molecule has 0 saturated carbocycles. The van der Waals surface area contributed by atoms with Crippen molar-refractivity contribution in [3.63, 3.8) is 0 Å². The van der Waals surface area contributed by atoms with Crippen LogP contribution in [0.5, 0.6) is 11.5 Å². The maximum Gasteiger partial charge on any atom is 0.169 e. The predicted molar refractivity (Wildman–Crippen MR) is 54.9 cm³/mol. The van der Waals surface area contributed by atoms with Crippen LogP contribution in [-0.2, 0) is 0 Å². The number of rotatable bonds is 2. The van der Waals surface area contributed by atoms with Crippen molar-refractivity contribution in [1.29, 1.82) is 0 Å². The second-order valence-corrected chi connectivity index (χ2v) is 3.73. The molecule has 0 aliphatic heterocycles. The van der Waals surface area contributed by atoms with Crippen molar-refractivity contribution in [1.82, 2.24) is 0 Å². The van der Waals surface area contributed by atoms with E-state index in [2.05, 4.69) is 15.9 Å². The molecule has 1 rings (SSSR count). The fourth-order valence-electron chi connectivity index (χ4n) is 1.16. The molecule has 0 spiro atoms. The monoisotopic (exact) mass is 263 g/mol. The topological polar surface area (TPSA) is 55.5 Å². The highest BCUT2D eigenvalue weighted by atomic mass is 79.9. The minimum atomic E-state index is -0.718. The van der Waals surface area contributed by atoms with Gasteiger partial charge in [0.15, 0.2) is 11.6 Å². The van der Waals surface area contributed by atoms with Crippen LogP contribution in [-0.4, -0.2) is 12.2 Å². The number of hydrogen-bond acceptors (Lipinski definition) is 3. The van der Waals surface area contributed by atoms with Gasteiger partial charge in [-0.25, -0.2) is 4.39 Å². The van der Waals surface area contributed by atoms with Gasteiger partial charge in [0.25, 0.3) is 0 Å². The van der Waals surface area contributed by atoms with Gasteiger partial charge in [-0.05, 0) is 28.9 Å². The third-order valence-corrected chi connectivity index (χ3v) is 2.61. The van der Waals surface area contributed by atoms with E-state index in [0.717, 1.165) is 0 Å². The van der Waals surface area contributed by atoms with Crippen LogP contribution in [0.2, 0.25) is 0 Å². The number of benzene rings is 1. The molecule has 0 aromatic heterocycles. The summed E-state index contributed by atoms with van der Waals surface area (Å²) in [4.78, 5) is 0. The molecule has 5 heteroatoms. The van der Waals surface area contributed by atoms with Crippen LogP contribution in [0.3, 0.4) is 0 Å². The lowest BCUT2D eigenvalue weighted by atomic mass is 10.1. The first-order chi connectivity index (χ1) is 6.49. The van der Waals surface area contributed by atoms with E-state index < -0.39 is 11.6 Å². The Morgan fingerprint density at radius 1 is 1.64 bits per heavy atom. The number of hydrogen-bond donors (Lipinski definition) is 2. The lowest BCUT2D eigenvalue weighted by Crippen LogP contribution is -2.08. The van der Waals surface area contributed by atoms with Gasteiger partial charge < -0.3 is 15.6 Å². The zero-order chi connectivity index (χ0) is 10.9. The molecule has 0 fully saturated rings. The van der Waals surface area contributed by atoms with E-state index in [1.54, 1.807) is 6.92 Å². The molecule has 1 atom stereocenters. The largest absolute Gasteiger partial charge is 0.504 e. The summed E-state index contributed by atoms with van der Waals surface area (Å²) in [5, 5.41) is 9.28. The summed E-state index contributed by atoms with van der Waals surface area (Å²) in [5.41, 5.74) is 6.14. The van der Waals surface area contributed by atoms with E-state index in [9.17, 15) is 9.50 Å². The van der Waals surface area contributed by atoms with Crippen molar-refractivity contribution in [3.8, 4) is 11.5 Å². The smallest absolute Gasteiger partial charge is 0.169 e. The molecule has 0 heterocycles. The second-order valence-electron chi connectivity index (χ2n) is 2.93. The highest BCUT2D eigenvalue weighted by Gasteiger charge is 2.18. The summed E-state index contributed by atoms with van der Waals surface area (Å²) in [5.74, 6) is -0.824. The maximum absolute atomic E-state index is 13.1. The molecule has 3 nitrogen and oxygen atoms in total. The Bertz CT molecular complexity index is 355. The van der Waals surface area contributed by atoms with E-state index in [4.69, 9.17) is 10.5 Å². The SMILES string of the molecule is COc1c(C(C)N)cc(F)c(O)c1Br. The minimum absolute atomic E-state index is 0.187. The highest BCUT2D eigenvalue weighted by Crippen LogP contribution is 2.40. The van der Waals surface area contributed by atoms with Crippen LogP contribution >= 0.6 is 15.9 Å². The van der Waals surface area contributed by atoms with Gasteiger partial charge in [0, 0.05) is 11.6 Å². The standard InChI is InChI=1S/C9H11BrFNO2/c1-4(12)5-3-6(11)8(13)7(10)9(5)14-2/h3-4,13H,12H2,1-2H3. The van der Waals surface area contributed by atoms with Crippen molar-refractivity contribution in [3.05, 3.63) is 21.9 Å². The Hall–Kier alpha value is -0.810. The first-order valence-corrected chi connectivity index (χ1v) is 4.78. The number of phenols is 1. The van der Waals surface area contributed by atoms with E-state index in [-0.39, 0.29) is 10.5 Å². The Kier molecular flexibility index (Phi) is 3.34. The van der Waals surface area contributed by atoms with Crippen LogP contribution in [0, 0.1) is 5.82 Å². The van der Waals surface area contributed by atoms with Gasteiger partial charge in [-0.3, -0.25) is 0 Å². The van der Waals surface area contributed by atoms with Crippen LogP contribution < -0.4 is 10.5 Å². The molecule has 0 radical (unpaired) electrons. The van der Waals surface area contributed by atoms with E-state index >= 15 is 0 Å². The van der Waals surface area contributed by atoms with Gasteiger partial charge >= 0.3 is 0 Å². The lowest BCUT2D eigenvalue weighted by molar-refractivity contribution is 0.385. The summed E-state index contributed by atoms with van der Waals surface area (Å²) in [6, 6.07) is 0.806. The average Bonchev–Trinajstić information content (AvgIpc) is 2.13. The number of nitrogens with two attached hydrogens (primary N) is 1. The average molecular weight is 264 g/mol. The van der Waals surface area contributed by atoms with Crippen LogP contribution in [0.25, 0.3) is 0 Å². The number of methoxy groups -OCH3 is 1. The Labute approximate surface area is 89.8 Å². The molecule has 3 N–H and O–H groups in total. The fraction of sp³-hybridized carbons (Fsp3) is 0.333. The molecule has 78 valence electrons. The number of ether oxygens (including phenoxy) is 1. The summed E-state index contributed by atoms with van der Waals surface area (Å²) in [6.45, 7) is 1.71. The zero-order valence-electron chi connectivity index (χ0n) is 7.84. The van der Waals surface area contributed by atoms with Crippen molar-refractivity contribution in [2.75, 3.05) is 7.11 Å². The first-order valence-electron chi connectivity index (χ1n) is 3.99. The van der Waals surface area contributed by atoms with Crippen molar-refractivity contribution in [2.24, 2.45) is 5.73 Å². The molecule has 0 bridgehead atoms. The maximum atomic E-state index is 13.1. The molecule has 14 heavy (non-hydrogen) atoms. The summed E-state index contributed by atoms with van der Waals surface area (Å²) in [7, 11) is 1.43. The first kappa shape index (κ1) is 11.3. The third kappa shape index (κ3) is 1.83. The van der Waals surface area contributed by atoms with Crippen LogP contribution in [0.1, 0.15) is 18.5 Å². The lowest BCUT2D eigenvalue weighted by Gasteiger charge is -2.14. The van der Waals surface area contributed by atoms with E-state index in [0.29, 0.717) is 11.3 Å². The Balaban J connectivity index is 3.43. The molecule has 0 amide bonds. The van der Waals surface area contributed by atoms with Gasteiger partial charge in [-0.1, -0.05) is 0 Å². The number of halogens is 2. The summed E-state index contributed by atoms with van der Waals surface area (Å²) < 4.78 is 18.3. The zero-order valence-corrected chi connectivity index (χ0v) is 9.43. The van der Waals surface area contributed by atoms with E-state index in [1.165, 1.54) is 13.2 Å². The summed E-state index contributed by atoms with van der Waals surface area (Å²) >= 11 is 3.04. The Morgan fingerprint density at radius 3 is 2.64 bits per heavy atom. The van der Waals surface area contributed by atoms with Gasteiger partial charge in [0.2, 0.25) is 0 Å². The minimum Gasteiger partial charge on any atom is -0.504 e. The third-order valence-electron chi connectivity index (χ3n) is 1.87. The normalized spacial score (nSPS) is 12.6. The fourth-order valence-corrected chi connectivity index (χ4v) is 1.74. The van der Waals surface area contributed by atoms with Crippen LogP contribution in [0.15, 0.2) is 10.5 Å².